The first-order valence-corrected chi connectivity index (χ1v) is 8.55. The van der Waals surface area contributed by atoms with E-state index in [4.69, 9.17) is 0 Å². The number of fused-ring (bicyclic) bond motifs is 1. The summed E-state index contributed by atoms with van der Waals surface area (Å²) >= 11 is 0. The highest BCUT2D eigenvalue weighted by Gasteiger charge is 2.33. The summed E-state index contributed by atoms with van der Waals surface area (Å²) in [4.78, 5) is 1.02. The predicted octanol–water partition coefficient (Wildman–Crippen LogP) is 4.90. The highest BCUT2D eigenvalue weighted by Crippen LogP contribution is 2.34. The van der Waals surface area contributed by atoms with Gasteiger partial charge in [-0.1, -0.05) is 18.2 Å². The highest BCUT2D eigenvalue weighted by atomic mass is 32.2. The Morgan fingerprint density at radius 2 is 1.67 bits per heavy atom. The van der Waals surface area contributed by atoms with Crippen molar-refractivity contribution >= 4 is 21.7 Å². The molecule has 0 aromatic heterocycles. The Labute approximate surface area is 124 Å². The van der Waals surface area contributed by atoms with E-state index in [1.54, 1.807) is 6.07 Å². The van der Waals surface area contributed by atoms with Gasteiger partial charge in [0, 0.05) is 22.3 Å². The lowest BCUT2D eigenvalue weighted by Gasteiger charge is -2.16. The molecule has 1 aliphatic heterocycles. The van der Waals surface area contributed by atoms with Crippen molar-refractivity contribution in [1.29, 1.82) is 0 Å². The van der Waals surface area contributed by atoms with Crippen molar-refractivity contribution < 1.29 is 17.9 Å². The van der Waals surface area contributed by atoms with E-state index >= 15 is 0 Å². The molecule has 0 aliphatic carbocycles. The SMILES string of the molecule is FC(F)(F)Oc1cc([S+]2CCCCC2)c2ccccc2c1. The van der Waals surface area contributed by atoms with Gasteiger partial charge in [-0.05, 0) is 36.8 Å². The summed E-state index contributed by atoms with van der Waals surface area (Å²) in [6.07, 6.45) is -1.11. The van der Waals surface area contributed by atoms with Crippen LogP contribution in [0.5, 0.6) is 5.75 Å². The fourth-order valence-electron chi connectivity index (χ4n) is 2.73. The molecule has 1 nitrogen and oxygen atoms in total. The van der Waals surface area contributed by atoms with Crippen molar-refractivity contribution in [2.75, 3.05) is 11.5 Å². The molecule has 3 rings (SSSR count). The topological polar surface area (TPSA) is 9.23 Å². The van der Waals surface area contributed by atoms with Crippen molar-refractivity contribution in [1.82, 2.24) is 0 Å². The lowest BCUT2D eigenvalue weighted by atomic mass is 10.1. The molecular formula is C16H16F3OS+. The van der Waals surface area contributed by atoms with Crippen LogP contribution in [0.2, 0.25) is 0 Å². The van der Waals surface area contributed by atoms with Gasteiger partial charge in [-0.15, -0.1) is 13.2 Å². The standard InChI is InChI=1S/C16H16F3OS/c17-16(18,19)20-13-10-12-6-2-3-7-14(12)15(11-13)21-8-4-1-5-9-21/h2-3,6-7,10-11H,1,4-5,8-9H2/q+1. The smallest absolute Gasteiger partial charge is 0.406 e. The second-order valence-corrected chi connectivity index (χ2v) is 7.39. The molecule has 2 aromatic carbocycles. The molecule has 1 aliphatic rings. The molecule has 1 saturated heterocycles. The number of ether oxygens (including phenoxy) is 1. The van der Waals surface area contributed by atoms with Crippen LogP contribution in [0.25, 0.3) is 10.8 Å². The molecule has 0 unspecified atom stereocenters. The zero-order valence-electron chi connectivity index (χ0n) is 11.5. The number of hydrogen-bond donors (Lipinski definition) is 0. The first-order chi connectivity index (χ1) is 10.0. The lowest BCUT2D eigenvalue weighted by Crippen LogP contribution is -2.20. The van der Waals surface area contributed by atoms with Crippen LogP contribution in [0.15, 0.2) is 41.3 Å². The molecule has 0 amide bonds. The molecule has 0 N–H and O–H groups in total. The Hall–Kier alpha value is -1.36. The molecule has 1 heterocycles. The zero-order chi connectivity index (χ0) is 14.9. The molecular weight excluding hydrogens is 297 g/mol. The third-order valence-electron chi connectivity index (χ3n) is 3.62. The van der Waals surface area contributed by atoms with Crippen molar-refractivity contribution in [3.05, 3.63) is 36.4 Å². The minimum absolute atomic E-state index is 0.0314. The quantitative estimate of drug-likeness (QED) is 0.717. The van der Waals surface area contributed by atoms with E-state index in [0.29, 0.717) is 0 Å². The maximum Gasteiger partial charge on any atom is 0.573 e. The van der Waals surface area contributed by atoms with Crippen LogP contribution >= 0.6 is 0 Å². The van der Waals surface area contributed by atoms with E-state index in [0.717, 1.165) is 40.0 Å². The Balaban J connectivity index is 2.06. The number of benzene rings is 2. The number of hydrogen-bond acceptors (Lipinski definition) is 1. The molecule has 0 atom stereocenters. The molecule has 0 radical (unpaired) electrons. The van der Waals surface area contributed by atoms with Crippen molar-refractivity contribution in [2.45, 2.75) is 30.5 Å². The highest BCUT2D eigenvalue weighted by molar-refractivity contribution is 7.97. The summed E-state index contributed by atoms with van der Waals surface area (Å²) in [6.45, 7) is 0. The molecule has 0 bridgehead atoms. The normalized spacial score (nSPS) is 17.1. The number of rotatable bonds is 2. The first kappa shape index (κ1) is 14.6. The van der Waals surface area contributed by atoms with Gasteiger partial charge < -0.3 is 4.74 Å². The van der Waals surface area contributed by atoms with Crippen molar-refractivity contribution in [3.8, 4) is 5.75 Å². The number of alkyl halides is 3. The van der Waals surface area contributed by atoms with Gasteiger partial charge in [-0.3, -0.25) is 0 Å². The van der Waals surface area contributed by atoms with Crippen LogP contribution in [0, 0.1) is 0 Å². The van der Waals surface area contributed by atoms with E-state index in [-0.39, 0.29) is 16.6 Å². The summed E-state index contributed by atoms with van der Waals surface area (Å²) in [7, 11) is 0.0314. The van der Waals surface area contributed by atoms with Crippen LogP contribution in [0.4, 0.5) is 13.2 Å². The fraction of sp³-hybridized carbons (Fsp3) is 0.375. The number of halogens is 3. The van der Waals surface area contributed by atoms with E-state index in [1.165, 1.54) is 12.5 Å². The maximum atomic E-state index is 12.5. The molecule has 0 spiro atoms. The zero-order valence-corrected chi connectivity index (χ0v) is 12.3. The van der Waals surface area contributed by atoms with Gasteiger partial charge >= 0.3 is 6.36 Å². The van der Waals surface area contributed by atoms with E-state index in [1.807, 2.05) is 24.3 Å². The van der Waals surface area contributed by atoms with E-state index < -0.39 is 6.36 Å². The van der Waals surface area contributed by atoms with Gasteiger partial charge in [-0.25, -0.2) is 0 Å². The van der Waals surface area contributed by atoms with Crippen LogP contribution in [0.3, 0.4) is 0 Å². The Morgan fingerprint density at radius 1 is 0.952 bits per heavy atom. The predicted molar refractivity (Wildman–Crippen MR) is 79.8 cm³/mol. The first-order valence-electron chi connectivity index (χ1n) is 6.99. The Bertz CT molecular complexity index is 633. The van der Waals surface area contributed by atoms with Gasteiger partial charge in [0.25, 0.3) is 0 Å². The molecule has 0 saturated carbocycles. The third-order valence-corrected chi connectivity index (χ3v) is 6.15. The van der Waals surface area contributed by atoms with Crippen molar-refractivity contribution in [3.63, 3.8) is 0 Å². The Kier molecular flexibility index (Phi) is 4.02. The van der Waals surface area contributed by atoms with Crippen molar-refractivity contribution in [2.24, 2.45) is 0 Å². The Morgan fingerprint density at radius 3 is 2.38 bits per heavy atom. The average molecular weight is 313 g/mol. The van der Waals surface area contributed by atoms with Gasteiger partial charge in [0.1, 0.15) is 17.3 Å². The molecule has 5 heteroatoms. The summed E-state index contributed by atoms with van der Waals surface area (Å²) in [5.41, 5.74) is 0. The summed E-state index contributed by atoms with van der Waals surface area (Å²) < 4.78 is 41.6. The summed E-state index contributed by atoms with van der Waals surface area (Å²) in [5.74, 6) is 2.04. The fourth-order valence-corrected chi connectivity index (χ4v) is 5.26. The molecule has 1 fully saturated rings. The second-order valence-electron chi connectivity index (χ2n) is 5.15. The van der Waals surface area contributed by atoms with Gasteiger partial charge in [0.15, 0.2) is 4.90 Å². The maximum absolute atomic E-state index is 12.5. The summed E-state index contributed by atoms with van der Waals surface area (Å²) in [6, 6.07) is 10.7. The minimum Gasteiger partial charge on any atom is -0.406 e. The largest absolute Gasteiger partial charge is 0.573 e. The summed E-state index contributed by atoms with van der Waals surface area (Å²) in [5, 5.41) is 1.87. The molecule has 21 heavy (non-hydrogen) atoms. The van der Waals surface area contributed by atoms with Crippen LogP contribution in [0.1, 0.15) is 19.3 Å². The average Bonchev–Trinajstić information content (AvgIpc) is 2.45. The second kappa shape index (κ2) is 5.79. The monoisotopic (exact) mass is 313 g/mol. The van der Waals surface area contributed by atoms with Gasteiger partial charge in [0.2, 0.25) is 0 Å². The van der Waals surface area contributed by atoms with Crippen LogP contribution in [-0.2, 0) is 10.9 Å². The third kappa shape index (κ3) is 3.46. The molecule has 112 valence electrons. The molecule has 2 aromatic rings. The van der Waals surface area contributed by atoms with E-state index in [2.05, 4.69) is 4.74 Å². The van der Waals surface area contributed by atoms with Gasteiger partial charge in [-0.2, -0.15) is 0 Å². The van der Waals surface area contributed by atoms with E-state index in [9.17, 15) is 13.2 Å². The van der Waals surface area contributed by atoms with Gasteiger partial charge in [0.05, 0.1) is 0 Å². The van der Waals surface area contributed by atoms with Crippen LogP contribution in [-0.4, -0.2) is 17.9 Å². The minimum atomic E-state index is -4.64. The van der Waals surface area contributed by atoms with Crippen LogP contribution < -0.4 is 4.74 Å². The lowest BCUT2D eigenvalue weighted by molar-refractivity contribution is -0.274.